The number of ether oxygens (including phenoxy) is 5. The van der Waals surface area contributed by atoms with Crippen LogP contribution in [0, 0.1) is 29.6 Å². The number of ketones is 2. The molecule has 2 aromatic carbocycles. The predicted octanol–water partition coefficient (Wildman–Crippen LogP) is 2.61. The molecule has 4 rings (SSSR count). The van der Waals surface area contributed by atoms with Gasteiger partial charge in [0.25, 0.3) is 23.6 Å². The summed E-state index contributed by atoms with van der Waals surface area (Å²) in [6.45, 7) is 20.0. The van der Waals surface area contributed by atoms with Crippen molar-refractivity contribution in [3.63, 3.8) is 0 Å². The molecule has 2 aromatic rings. The highest BCUT2D eigenvalue weighted by atomic mass is 31.2. The van der Waals surface area contributed by atoms with Crippen molar-refractivity contribution in [3.8, 4) is 0 Å². The lowest BCUT2D eigenvalue weighted by Crippen LogP contribution is -2.63. The number of phosphoric ester groups is 1. The van der Waals surface area contributed by atoms with Crippen LogP contribution in [0.5, 0.6) is 0 Å². The fraction of sp³-hybridized carbons (Fsp3) is 0.579. The number of hydrogen-bond donors (Lipinski definition) is 8. The van der Waals surface area contributed by atoms with E-state index in [1.807, 2.05) is 0 Å². The zero-order valence-corrected chi connectivity index (χ0v) is 67.7. The van der Waals surface area contributed by atoms with E-state index >= 15 is 9.59 Å². The van der Waals surface area contributed by atoms with Gasteiger partial charge in [-0.25, -0.2) is 18.9 Å². The van der Waals surface area contributed by atoms with E-state index in [1.54, 1.807) is 44.2 Å². The zero-order chi connectivity index (χ0) is 85.0. The van der Waals surface area contributed by atoms with E-state index in [1.165, 1.54) is 101 Å². The van der Waals surface area contributed by atoms with E-state index in [4.69, 9.17) is 38.5 Å². The number of amides is 12. The van der Waals surface area contributed by atoms with Crippen LogP contribution < -0.4 is 37.6 Å². The molecule has 0 aliphatic carbocycles. The third kappa shape index (κ3) is 29.1. The minimum Gasteiger partial charge on any atom is -0.459 e. The van der Waals surface area contributed by atoms with Gasteiger partial charge in [-0.05, 0) is 81.5 Å². The van der Waals surface area contributed by atoms with Crippen LogP contribution in [0.4, 0.5) is 10.5 Å². The van der Waals surface area contributed by atoms with Crippen LogP contribution in [0.1, 0.15) is 133 Å². The van der Waals surface area contributed by atoms with E-state index in [0.717, 1.165) is 52.8 Å². The van der Waals surface area contributed by atoms with Crippen molar-refractivity contribution in [2.75, 3.05) is 59.9 Å². The molecule has 2 aliphatic rings. The summed E-state index contributed by atoms with van der Waals surface area (Å²) in [6, 6.07) is 3.38. The van der Waals surface area contributed by atoms with Crippen molar-refractivity contribution in [1.29, 1.82) is 0 Å². The smallest absolute Gasteiger partial charge is 0.459 e. The average Bonchev–Trinajstić information content (AvgIpc) is 1.23. The average molecular weight is 1610 g/mol. The summed E-state index contributed by atoms with van der Waals surface area (Å²) in [4.78, 5) is 234. The molecule has 2 aliphatic heterocycles. The minimum absolute atomic E-state index is 0.0246. The number of carbonyl (C=O) groups excluding carboxylic acids is 16. The van der Waals surface area contributed by atoms with Gasteiger partial charge in [-0.2, -0.15) is 0 Å². The second-order valence-corrected chi connectivity index (χ2v) is 30.0. The van der Waals surface area contributed by atoms with Crippen LogP contribution in [0.15, 0.2) is 79.0 Å². The first kappa shape index (κ1) is 95.2. The summed E-state index contributed by atoms with van der Waals surface area (Å²) < 4.78 is 54.4. The fourth-order valence-electron chi connectivity index (χ4n) is 12.0. The number of carbonyl (C=O) groups is 16. The first-order chi connectivity index (χ1) is 52.9. The summed E-state index contributed by atoms with van der Waals surface area (Å²) >= 11 is 0. The number of primary amides is 1. The largest absolute Gasteiger partial charge is 0.472 e. The van der Waals surface area contributed by atoms with Crippen molar-refractivity contribution in [2.45, 2.75) is 201 Å². The second-order valence-electron chi connectivity index (χ2n) is 28.6. The number of anilines is 1. The Morgan fingerprint density at radius 3 is 1.96 bits per heavy atom. The van der Waals surface area contributed by atoms with E-state index < -0.39 is 217 Å². The van der Waals surface area contributed by atoms with Gasteiger partial charge in [0.15, 0.2) is 24.0 Å². The van der Waals surface area contributed by atoms with E-state index in [0.29, 0.717) is 5.56 Å². The van der Waals surface area contributed by atoms with Crippen LogP contribution in [-0.2, 0) is 122 Å². The number of hydrogen-bond acceptors (Lipinski definition) is 24. The summed E-state index contributed by atoms with van der Waals surface area (Å²) in [5, 5.41) is 15.3. The van der Waals surface area contributed by atoms with Crippen molar-refractivity contribution < 1.29 is 119 Å². The Labute approximate surface area is 657 Å². The lowest BCUT2D eigenvalue weighted by molar-refractivity contribution is -0.175. The number of Topliss-reactive ketones (excluding diaryl/α,β-unsaturated/α-hetero) is 2. The predicted molar refractivity (Wildman–Crippen MR) is 405 cm³/mol. The molecule has 0 spiro atoms. The highest BCUT2D eigenvalue weighted by Crippen LogP contribution is 2.48. The third-order valence-corrected chi connectivity index (χ3v) is 19.9. The van der Waals surface area contributed by atoms with Crippen molar-refractivity contribution >= 4 is 108 Å². The maximum atomic E-state index is 15.6. The molecule has 0 radical (unpaired) electrons. The second kappa shape index (κ2) is 44.9. The standard InChI is InChI=1S/C76H110N11O25P/c1-18-54(89)39-55(65(42(4)5)112-113(104,105)108-40-51-26-28-53(29-27-51)81-69(96)52(25-22-33-78-76(77)103)38-56(90)61(41(2)3)82-58(91)32-35-107-36-34-87-59(92)30-31-60(87)93)73(100)111-66(43(6)7)63-72(99)86(16)64(48(12)106-17)75(102)109-47(11)62(80-49(13)88)74(101)110-57(37-50-23-20-19-21-24-50)71(98)85(15)45(9)67(94)79-44(8)70(97)84(14)46(10)68(95)83-63/h19-21,23-24,26-31,41-44,46-48,52,55,57,61-66H,9,18,22,25,32-40H2,1-8,10-17H3,(H,79,94)(H,80,88)(H,81,96)(H,82,91)(H,83,95)(H,104,105)(H3,77,78,103)/t44-,46-,47+,48+,52+,55-,57+,61-,62-,63-,64-,65+,66+/m0/s1. The monoisotopic (exact) mass is 1610 g/mol. The molecular weight excluding hydrogens is 1500 g/mol. The number of urea groups is 1. The molecule has 0 bridgehead atoms. The van der Waals surface area contributed by atoms with Crippen molar-refractivity contribution in [2.24, 2.45) is 35.3 Å². The Bertz CT molecular complexity index is 3820. The molecule has 1 fully saturated rings. The van der Waals surface area contributed by atoms with Crippen LogP contribution in [0.25, 0.3) is 0 Å². The maximum Gasteiger partial charge on any atom is 0.472 e. The first-order valence-electron chi connectivity index (χ1n) is 37.1. The number of nitrogens with zero attached hydrogens (tertiary/aromatic N) is 4. The number of benzene rings is 2. The molecule has 12 amide bonds. The number of methoxy groups -OCH3 is 1. The van der Waals surface area contributed by atoms with Crippen LogP contribution in [0.2, 0.25) is 0 Å². The molecule has 1 unspecified atom stereocenters. The molecule has 37 heteroatoms. The van der Waals surface area contributed by atoms with Gasteiger partial charge >= 0.3 is 31.8 Å². The van der Waals surface area contributed by atoms with Gasteiger partial charge in [-0.3, -0.25) is 76.3 Å². The number of likely N-dealkylation sites (N-methyl/N-ethyl adjacent to an activating group) is 3. The molecule has 113 heavy (non-hydrogen) atoms. The molecule has 1 saturated heterocycles. The Hall–Kier alpha value is -10.1. The quantitative estimate of drug-likeness (QED) is 0.0121. The number of imide groups is 1. The van der Waals surface area contributed by atoms with Crippen LogP contribution in [-0.4, -0.2) is 240 Å². The van der Waals surface area contributed by atoms with E-state index in [2.05, 4.69) is 38.5 Å². The fourth-order valence-corrected chi connectivity index (χ4v) is 13.1. The SMILES string of the molecule is C=C1C(=O)N[C@@H](C)C(=O)N(C)[C@@H](C)C(=O)N[C@@H]([C@H](OC(=O)[C@@H](CC(=O)CC)[C@H](OP(=O)(O)OCc2ccc(NC(=O)[C@H](CCCNC(N)=O)CC(=O)[C@@H](NC(=O)CCOCCN3C(=O)C=CC3=O)C(C)C)cc2)C(C)C)C(C)C)C(=O)N(C)[C@@H]([C@@H](C)OC)C(=O)O[C@H](C)[C@H](NC(C)=O)C(=O)O[C@H](Cc2ccccc2)C(=O)N1C. The van der Waals surface area contributed by atoms with Gasteiger partial charge in [0.05, 0.1) is 50.5 Å². The molecular formula is C76H110N11O25P. The summed E-state index contributed by atoms with van der Waals surface area (Å²) in [7, 11) is -0.641. The summed E-state index contributed by atoms with van der Waals surface area (Å²) in [5.74, 6) is -18.1. The van der Waals surface area contributed by atoms with E-state index in [9.17, 15) is 76.6 Å². The first-order valence-corrected chi connectivity index (χ1v) is 38.5. The van der Waals surface area contributed by atoms with Crippen LogP contribution >= 0.6 is 7.82 Å². The molecule has 14 atom stereocenters. The minimum atomic E-state index is -5.30. The number of nitrogens with one attached hydrogen (secondary N) is 6. The Balaban J connectivity index is 1.66. The molecule has 0 saturated carbocycles. The van der Waals surface area contributed by atoms with E-state index in [-0.39, 0.29) is 76.1 Å². The van der Waals surface area contributed by atoms with Gasteiger partial charge in [0, 0.05) is 97.6 Å². The number of rotatable bonds is 36. The van der Waals surface area contributed by atoms with Gasteiger partial charge in [-0.15, -0.1) is 0 Å². The number of cyclic esters (lactones) is 2. The van der Waals surface area contributed by atoms with Crippen molar-refractivity contribution in [1.82, 2.24) is 46.2 Å². The summed E-state index contributed by atoms with van der Waals surface area (Å²) in [5.41, 5.74) is 5.65. The van der Waals surface area contributed by atoms with Crippen LogP contribution in [0.3, 0.4) is 0 Å². The zero-order valence-electron chi connectivity index (χ0n) is 66.8. The Morgan fingerprint density at radius 1 is 0.761 bits per heavy atom. The van der Waals surface area contributed by atoms with Gasteiger partial charge in [-0.1, -0.05) is 97.5 Å². The Morgan fingerprint density at radius 2 is 1.39 bits per heavy atom. The molecule has 0 aromatic heterocycles. The van der Waals surface area contributed by atoms with Gasteiger partial charge in [0.1, 0.15) is 41.8 Å². The normalized spacial score (nSPS) is 21.5. The number of phosphoric acid groups is 1. The molecule has 9 N–H and O–H groups in total. The van der Waals surface area contributed by atoms with Gasteiger partial charge in [0.2, 0.25) is 35.4 Å². The lowest BCUT2D eigenvalue weighted by atomic mass is 9.88. The highest BCUT2D eigenvalue weighted by molar-refractivity contribution is 7.47. The number of nitrogens with two attached hydrogens (primary N) is 1. The summed E-state index contributed by atoms with van der Waals surface area (Å²) in [6.07, 6.45) is -7.30. The number of esters is 3. The maximum absolute atomic E-state index is 15.6. The Kier molecular flexibility index (Phi) is 37.9. The van der Waals surface area contributed by atoms with Gasteiger partial charge < -0.3 is 80.9 Å². The third-order valence-electron chi connectivity index (χ3n) is 18.9. The molecule has 624 valence electrons. The molecule has 2 heterocycles. The lowest BCUT2D eigenvalue weighted by Gasteiger charge is -2.38. The highest BCUT2D eigenvalue weighted by Gasteiger charge is 2.48. The topological polar surface area (TPSA) is 486 Å². The van der Waals surface area contributed by atoms with Crippen molar-refractivity contribution in [3.05, 3.63) is 90.2 Å². The molecule has 36 nitrogen and oxygen atoms in total.